The summed E-state index contributed by atoms with van der Waals surface area (Å²) in [5.74, 6) is 0.381. The molecule has 1 amide bonds. The molecule has 11 heteroatoms. The number of fused-ring (bicyclic) bond motifs is 7. The molecule has 0 bridgehead atoms. The van der Waals surface area contributed by atoms with Crippen LogP contribution in [-0.2, 0) is 28.6 Å². The van der Waals surface area contributed by atoms with Crippen LogP contribution in [0.5, 0.6) is 0 Å². The highest BCUT2D eigenvalue weighted by Gasteiger charge is 2.73. The van der Waals surface area contributed by atoms with Crippen molar-refractivity contribution in [2.45, 2.75) is 151 Å². The van der Waals surface area contributed by atoms with Crippen LogP contribution in [0.15, 0.2) is 42.6 Å². The van der Waals surface area contributed by atoms with Gasteiger partial charge < -0.3 is 29.2 Å². The Morgan fingerprint density at radius 2 is 1.66 bits per heavy atom. The van der Waals surface area contributed by atoms with Crippen LogP contribution in [0.1, 0.15) is 144 Å². The van der Waals surface area contributed by atoms with Gasteiger partial charge in [-0.25, -0.2) is 9.37 Å². The third kappa shape index (κ3) is 7.02. The molecule has 65 heavy (non-hydrogen) atoms. The van der Waals surface area contributed by atoms with E-state index in [2.05, 4.69) is 58.0 Å². The van der Waals surface area contributed by atoms with Crippen molar-refractivity contribution in [1.82, 2.24) is 14.9 Å². The van der Waals surface area contributed by atoms with Gasteiger partial charge in [0.15, 0.2) is 0 Å². The number of halogens is 1. The first-order valence-corrected chi connectivity index (χ1v) is 24.9. The van der Waals surface area contributed by atoms with E-state index < -0.39 is 28.6 Å². The van der Waals surface area contributed by atoms with Crippen molar-refractivity contribution >= 4 is 17.8 Å². The van der Waals surface area contributed by atoms with Crippen molar-refractivity contribution in [2.75, 3.05) is 26.9 Å². The lowest BCUT2D eigenvalue weighted by Gasteiger charge is -2.73. The molecular weight excluding hydrogens is 822 g/mol. The second kappa shape index (κ2) is 16.3. The SMILES string of the molecule is C=C(C)[C@@H]1CC[C@]2(C(=O)N3C[C@H](OCCOC)C[C@H]3c3ncc(-c4cccc(F)c4)[nH]3)CC[C@]3(C)[C@H](CC[C@@H]4[C@@]5(C)CC[C@H](OC(=O)[C@H]6CC(C(=O)O)C6(C)C)C(C)(C)[C@@H]5CC[C@]43C)[C@@H]12. The number of hydrogen-bond acceptors (Lipinski definition) is 7. The first-order chi connectivity index (χ1) is 30.6. The van der Waals surface area contributed by atoms with Crippen LogP contribution in [0.4, 0.5) is 4.39 Å². The molecule has 2 aromatic rings. The van der Waals surface area contributed by atoms with E-state index in [1.54, 1.807) is 19.4 Å². The van der Waals surface area contributed by atoms with Gasteiger partial charge in [0.25, 0.3) is 0 Å². The number of carboxylic acids is 1. The molecular formula is C54H76FN3O7. The van der Waals surface area contributed by atoms with Crippen LogP contribution >= 0.6 is 0 Å². The number of H-pyrrole nitrogens is 1. The molecule has 0 radical (unpaired) electrons. The highest BCUT2D eigenvalue weighted by atomic mass is 19.1. The van der Waals surface area contributed by atoms with E-state index in [1.165, 1.54) is 17.7 Å². The Hall–Kier alpha value is -3.57. The van der Waals surface area contributed by atoms with Gasteiger partial charge >= 0.3 is 11.9 Å². The van der Waals surface area contributed by atoms with E-state index in [-0.39, 0.29) is 69.4 Å². The normalized spacial score (nSPS) is 41.3. The number of nitrogens with zero attached hydrogens (tertiary/aromatic N) is 2. The number of amides is 1. The highest BCUT2D eigenvalue weighted by Crippen LogP contribution is 2.78. The van der Waals surface area contributed by atoms with Crippen LogP contribution in [0.3, 0.4) is 0 Å². The number of esters is 1. The Morgan fingerprint density at radius 1 is 0.892 bits per heavy atom. The number of carbonyl (C=O) groups is 3. The predicted molar refractivity (Wildman–Crippen MR) is 247 cm³/mol. The lowest BCUT2D eigenvalue weighted by molar-refractivity contribution is -0.251. The van der Waals surface area contributed by atoms with Crippen molar-refractivity contribution in [3.05, 3.63) is 54.3 Å². The third-order valence-corrected chi connectivity index (χ3v) is 20.8. The van der Waals surface area contributed by atoms with Crippen LogP contribution in [0.2, 0.25) is 0 Å². The summed E-state index contributed by atoms with van der Waals surface area (Å²) in [5.41, 5.74) is 1.44. The Bertz CT molecular complexity index is 2200. The summed E-state index contributed by atoms with van der Waals surface area (Å²) in [4.78, 5) is 52.0. The topological polar surface area (TPSA) is 131 Å². The van der Waals surface area contributed by atoms with E-state index in [9.17, 15) is 19.1 Å². The number of ether oxygens (including phenoxy) is 3. The van der Waals surface area contributed by atoms with E-state index in [1.807, 2.05) is 19.9 Å². The van der Waals surface area contributed by atoms with Crippen molar-refractivity contribution < 1.29 is 38.1 Å². The van der Waals surface area contributed by atoms with Gasteiger partial charge in [-0.15, -0.1) is 0 Å². The highest BCUT2D eigenvalue weighted by molar-refractivity contribution is 5.85. The Labute approximate surface area is 386 Å². The average Bonchev–Trinajstić information content (AvgIpc) is 4.00. The van der Waals surface area contributed by atoms with Gasteiger partial charge in [0.05, 0.1) is 54.5 Å². The number of carbonyl (C=O) groups excluding carboxylic acids is 2. The summed E-state index contributed by atoms with van der Waals surface area (Å²) >= 11 is 0. The number of aliphatic carboxylic acids is 1. The minimum Gasteiger partial charge on any atom is -0.481 e. The van der Waals surface area contributed by atoms with Crippen LogP contribution < -0.4 is 0 Å². The Morgan fingerprint density at radius 3 is 2.35 bits per heavy atom. The first-order valence-electron chi connectivity index (χ1n) is 24.9. The monoisotopic (exact) mass is 898 g/mol. The minimum atomic E-state index is -0.832. The maximum Gasteiger partial charge on any atom is 0.309 e. The predicted octanol–water partition coefficient (Wildman–Crippen LogP) is 10.8. The van der Waals surface area contributed by atoms with Crippen LogP contribution in [0.25, 0.3) is 11.3 Å². The first kappa shape index (κ1) is 46.5. The molecule has 7 fully saturated rings. The fourth-order valence-corrected chi connectivity index (χ4v) is 17.0. The van der Waals surface area contributed by atoms with E-state index in [0.29, 0.717) is 56.2 Å². The number of imidazole rings is 1. The van der Waals surface area contributed by atoms with E-state index in [4.69, 9.17) is 19.2 Å². The van der Waals surface area contributed by atoms with Crippen molar-refractivity contribution in [1.29, 1.82) is 0 Å². The molecule has 1 aromatic heterocycles. The molecule has 2 N–H and O–H groups in total. The average molecular weight is 898 g/mol. The summed E-state index contributed by atoms with van der Waals surface area (Å²) in [5, 5.41) is 9.73. The number of aromatic amines is 1. The summed E-state index contributed by atoms with van der Waals surface area (Å²) in [7, 11) is 1.67. The van der Waals surface area contributed by atoms with Gasteiger partial charge in [0.1, 0.15) is 17.7 Å². The molecule has 1 aromatic carbocycles. The van der Waals surface area contributed by atoms with Gasteiger partial charge in [-0.2, -0.15) is 0 Å². The van der Waals surface area contributed by atoms with Gasteiger partial charge in [0, 0.05) is 31.1 Å². The number of carboxylic acid groups (broad SMARTS) is 1. The zero-order valence-electron chi connectivity index (χ0n) is 40.6. The molecule has 2 heterocycles. The number of rotatable bonds is 11. The summed E-state index contributed by atoms with van der Waals surface area (Å²) in [6.07, 6.45) is 12.3. The number of methoxy groups -OCH3 is 1. The van der Waals surface area contributed by atoms with Crippen LogP contribution in [-0.4, -0.2) is 76.9 Å². The Kier molecular flexibility index (Phi) is 11.7. The van der Waals surface area contributed by atoms with Gasteiger partial charge in [-0.3, -0.25) is 14.4 Å². The third-order valence-electron chi connectivity index (χ3n) is 20.8. The zero-order chi connectivity index (χ0) is 46.6. The van der Waals surface area contributed by atoms with Gasteiger partial charge in [-0.1, -0.05) is 72.8 Å². The molecule has 356 valence electrons. The molecule has 9 rings (SSSR count). The molecule has 7 aliphatic rings. The standard InChI is InChI=1S/C54H76FN3O7/c1-31(2)35-16-21-54(48(62)58-30-34(64-25-24-63-10)27-40(58)45-56-29-39(57-45)32-12-11-13-33(55)26-32)23-22-52(8)36(44(35)54)14-15-42-51(7)19-18-43(50(5,6)41(51)17-20-53(42,52)9)65-47(61)38-28-37(46(59)60)49(38,3)4/h11-13,26,29,34-38,40-44H,1,14-25,27-28,30H2,2-10H3,(H,56,57)(H,59,60)/t34-,35+,36-,37?,38-,40+,41+,42-,43+,44-,51+,52-,53-,54+/m1/s1. The summed E-state index contributed by atoms with van der Waals surface area (Å²) in [6.45, 7) is 24.5. The number of hydrogen-bond donors (Lipinski definition) is 2. The van der Waals surface area contributed by atoms with Gasteiger partial charge in [0.2, 0.25) is 5.91 Å². The molecule has 14 atom stereocenters. The second-order valence-corrected chi connectivity index (χ2v) is 24.0. The maximum atomic E-state index is 15.9. The fraction of sp³-hybridized carbons (Fsp3) is 0.741. The lowest BCUT2D eigenvalue weighted by Crippen LogP contribution is -2.67. The quantitative estimate of drug-likeness (QED) is 0.130. The molecule has 1 aliphatic heterocycles. The molecule has 0 spiro atoms. The lowest BCUT2D eigenvalue weighted by atomic mass is 9.32. The van der Waals surface area contributed by atoms with E-state index >= 15 is 4.79 Å². The number of benzene rings is 1. The molecule has 6 aliphatic carbocycles. The summed E-state index contributed by atoms with van der Waals surface area (Å²) < 4.78 is 32.5. The maximum absolute atomic E-state index is 15.9. The smallest absolute Gasteiger partial charge is 0.309 e. The van der Waals surface area contributed by atoms with Crippen molar-refractivity contribution in [3.8, 4) is 11.3 Å². The van der Waals surface area contributed by atoms with E-state index in [0.717, 1.165) is 75.5 Å². The number of allylic oxidation sites excluding steroid dienone is 1. The zero-order valence-corrected chi connectivity index (χ0v) is 40.6. The van der Waals surface area contributed by atoms with Gasteiger partial charge in [-0.05, 0) is 141 Å². The molecule has 1 saturated heterocycles. The minimum absolute atomic E-state index is 0.0252. The number of nitrogens with one attached hydrogen (secondary N) is 1. The summed E-state index contributed by atoms with van der Waals surface area (Å²) in [6, 6.07) is 6.22. The van der Waals surface area contributed by atoms with Crippen molar-refractivity contribution in [3.63, 3.8) is 0 Å². The largest absolute Gasteiger partial charge is 0.481 e. The molecule has 6 saturated carbocycles. The van der Waals surface area contributed by atoms with Crippen LogP contribution in [0, 0.1) is 79.7 Å². The second-order valence-electron chi connectivity index (χ2n) is 24.0. The number of aromatic nitrogens is 2. The Balaban J connectivity index is 0.984. The fourth-order valence-electron chi connectivity index (χ4n) is 17.0. The van der Waals surface area contributed by atoms with Crippen molar-refractivity contribution in [2.24, 2.45) is 73.9 Å². The number of likely N-dealkylation sites (tertiary alicyclic amines) is 1. The molecule has 1 unspecified atom stereocenters. The molecule has 10 nitrogen and oxygen atoms in total.